The molecule has 0 aliphatic heterocycles. The molecule has 0 spiro atoms. The van der Waals surface area contributed by atoms with Gasteiger partial charge in [0.05, 0.1) is 5.02 Å². The first kappa shape index (κ1) is 14.8. The molecule has 2 nitrogen and oxygen atoms in total. The summed E-state index contributed by atoms with van der Waals surface area (Å²) in [5.74, 6) is 0.783. The molecule has 4 heteroatoms. The van der Waals surface area contributed by atoms with E-state index in [-0.39, 0.29) is 11.9 Å². The predicted octanol–water partition coefficient (Wildman–Crippen LogP) is 4.91. The van der Waals surface area contributed by atoms with Crippen molar-refractivity contribution >= 4 is 11.6 Å². The molecule has 2 aromatic rings. The van der Waals surface area contributed by atoms with Gasteiger partial charge in [-0.3, -0.25) is 0 Å². The summed E-state index contributed by atoms with van der Waals surface area (Å²) in [4.78, 5) is 0. The Morgan fingerprint density at radius 3 is 2.50 bits per heavy atom. The van der Waals surface area contributed by atoms with Crippen molar-refractivity contribution in [2.75, 3.05) is 0 Å². The van der Waals surface area contributed by atoms with E-state index in [4.69, 9.17) is 22.1 Å². The fourth-order valence-electron chi connectivity index (χ4n) is 1.92. The van der Waals surface area contributed by atoms with Crippen LogP contribution in [-0.2, 0) is 0 Å². The van der Waals surface area contributed by atoms with Gasteiger partial charge in [-0.05, 0) is 56.2 Å². The first-order valence-electron chi connectivity index (χ1n) is 6.38. The number of rotatable bonds is 3. The van der Waals surface area contributed by atoms with Crippen LogP contribution in [0.3, 0.4) is 0 Å². The zero-order valence-corrected chi connectivity index (χ0v) is 12.5. The van der Waals surface area contributed by atoms with E-state index in [1.54, 1.807) is 26.0 Å². The lowest BCUT2D eigenvalue weighted by molar-refractivity contribution is 0.468. The molecule has 1 atom stereocenters. The first-order valence-corrected chi connectivity index (χ1v) is 6.76. The Labute approximate surface area is 123 Å². The standard InChI is InChI=1S/C16H17ClFNO/c1-9-4-5-13(17)16(6-9)20-15-7-10(2)14(18)8-12(15)11(3)19/h4-8,11H,19H2,1-3H3/t11-/m0/s1. The third-order valence-corrected chi connectivity index (χ3v) is 3.40. The average molecular weight is 294 g/mol. The highest BCUT2D eigenvalue weighted by Gasteiger charge is 2.14. The SMILES string of the molecule is Cc1ccc(Cl)c(Oc2cc(C)c(F)cc2[C@H](C)N)c1. The van der Waals surface area contributed by atoms with Crippen LogP contribution in [0.4, 0.5) is 4.39 Å². The van der Waals surface area contributed by atoms with Crippen LogP contribution in [0, 0.1) is 19.7 Å². The molecule has 0 aliphatic carbocycles. The molecule has 0 fully saturated rings. The van der Waals surface area contributed by atoms with E-state index in [0.29, 0.717) is 27.6 Å². The van der Waals surface area contributed by atoms with Crippen LogP contribution in [-0.4, -0.2) is 0 Å². The molecule has 2 aromatic carbocycles. The van der Waals surface area contributed by atoms with Crippen LogP contribution < -0.4 is 10.5 Å². The highest BCUT2D eigenvalue weighted by molar-refractivity contribution is 6.32. The van der Waals surface area contributed by atoms with E-state index >= 15 is 0 Å². The molecule has 0 amide bonds. The maximum atomic E-state index is 13.7. The van der Waals surface area contributed by atoms with Crippen molar-refractivity contribution in [3.05, 3.63) is 57.9 Å². The van der Waals surface area contributed by atoms with Gasteiger partial charge in [0.2, 0.25) is 0 Å². The lowest BCUT2D eigenvalue weighted by Gasteiger charge is -2.16. The van der Waals surface area contributed by atoms with Gasteiger partial charge in [-0.15, -0.1) is 0 Å². The smallest absolute Gasteiger partial charge is 0.146 e. The van der Waals surface area contributed by atoms with Crippen molar-refractivity contribution in [3.63, 3.8) is 0 Å². The Bertz CT molecular complexity index is 641. The van der Waals surface area contributed by atoms with Gasteiger partial charge in [-0.2, -0.15) is 0 Å². The molecule has 20 heavy (non-hydrogen) atoms. The van der Waals surface area contributed by atoms with Gasteiger partial charge in [0.1, 0.15) is 17.3 Å². The average Bonchev–Trinajstić information content (AvgIpc) is 2.37. The summed E-state index contributed by atoms with van der Waals surface area (Å²) in [5, 5.41) is 0.508. The second kappa shape index (κ2) is 5.81. The molecule has 0 radical (unpaired) electrons. The van der Waals surface area contributed by atoms with Crippen LogP contribution >= 0.6 is 11.6 Å². The molecular formula is C16H17ClFNO. The van der Waals surface area contributed by atoms with Crippen molar-refractivity contribution in [2.45, 2.75) is 26.8 Å². The Hall–Kier alpha value is -1.58. The van der Waals surface area contributed by atoms with Crippen molar-refractivity contribution in [1.29, 1.82) is 0 Å². The number of nitrogens with two attached hydrogens (primary N) is 1. The van der Waals surface area contributed by atoms with Crippen LogP contribution in [0.25, 0.3) is 0 Å². The molecule has 0 saturated heterocycles. The number of benzene rings is 2. The highest BCUT2D eigenvalue weighted by atomic mass is 35.5. The summed E-state index contributed by atoms with van der Waals surface area (Å²) < 4.78 is 19.5. The van der Waals surface area contributed by atoms with Crippen molar-refractivity contribution < 1.29 is 9.13 Å². The predicted molar refractivity (Wildman–Crippen MR) is 80.0 cm³/mol. The van der Waals surface area contributed by atoms with Crippen LogP contribution in [0.15, 0.2) is 30.3 Å². The Balaban J connectivity index is 2.47. The van der Waals surface area contributed by atoms with Crippen LogP contribution in [0.2, 0.25) is 5.02 Å². The van der Waals surface area contributed by atoms with E-state index in [1.807, 2.05) is 19.1 Å². The summed E-state index contributed by atoms with van der Waals surface area (Å²) in [7, 11) is 0. The monoisotopic (exact) mass is 293 g/mol. The second-order valence-electron chi connectivity index (χ2n) is 4.96. The molecule has 0 bridgehead atoms. The van der Waals surface area contributed by atoms with Crippen molar-refractivity contribution in [1.82, 2.24) is 0 Å². The lowest BCUT2D eigenvalue weighted by atomic mass is 10.0. The summed E-state index contributed by atoms with van der Waals surface area (Å²) in [5.41, 5.74) is 8.03. The molecule has 106 valence electrons. The van der Waals surface area contributed by atoms with Gasteiger partial charge in [-0.25, -0.2) is 4.39 Å². The van der Waals surface area contributed by atoms with Crippen LogP contribution in [0.1, 0.15) is 29.7 Å². The number of hydrogen-bond acceptors (Lipinski definition) is 2. The zero-order chi connectivity index (χ0) is 14.9. The third kappa shape index (κ3) is 3.11. The molecule has 0 heterocycles. The fraction of sp³-hybridized carbons (Fsp3) is 0.250. The van der Waals surface area contributed by atoms with Gasteiger partial charge < -0.3 is 10.5 Å². The Morgan fingerprint density at radius 1 is 1.15 bits per heavy atom. The minimum absolute atomic E-state index is 0.292. The molecule has 2 N–H and O–H groups in total. The zero-order valence-electron chi connectivity index (χ0n) is 11.7. The number of halogens is 2. The van der Waals surface area contributed by atoms with Gasteiger partial charge in [0.15, 0.2) is 0 Å². The van der Waals surface area contributed by atoms with E-state index in [9.17, 15) is 4.39 Å². The van der Waals surface area contributed by atoms with Gasteiger partial charge >= 0.3 is 0 Å². The molecule has 0 aromatic heterocycles. The van der Waals surface area contributed by atoms with E-state index in [2.05, 4.69) is 0 Å². The number of hydrogen-bond donors (Lipinski definition) is 1. The lowest BCUT2D eigenvalue weighted by Crippen LogP contribution is -2.08. The minimum atomic E-state index is -0.330. The molecular weight excluding hydrogens is 277 g/mol. The fourth-order valence-corrected chi connectivity index (χ4v) is 2.08. The quantitative estimate of drug-likeness (QED) is 0.873. The molecule has 2 rings (SSSR count). The van der Waals surface area contributed by atoms with Crippen LogP contribution in [0.5, 0.6) is 11.5 Å². The maximum Gasteiger partial charge on any atom is 0.146 e. The largest absolute Gasteiger partial charge is 0.455 e. The second-order valence-corrected chi connectivity index (χ2v) is 5.37. The van der Waals surface area contributed by atoms with Crippen molar-refractivity contribution in [2.24, 2.45) is 5.73 Å². The Kier molecular flexibility index (Phi) is 4.31. The maximum absolute atomic E-state index is 13.7. The normalized spacial score (nSPS) is 12.3. The highest BCUT2D eigenvalue weighted by Crippen LogP contribution is 2.35. The van der Waals surface area contributed by atoms with Gasteiger partial charge in [0.25, 0.3) is 0 Å². The molecule has 0 aliphatic rings. The van der Waals surface area contributed by atoms with E-state index in [0.717, 1.165) is 5.56 Å². The van der Waals surface area contributed by atoms with E-state index < -0.39 is 0 Å². The van der Waals surface area contributed by atoms with Crippen molar-refractivity contribution in [3.8, 4) is 11.5 Å². The number of ether oxygens (including phenoxy) is 1. The topological polar surface area (TPSA) is 35.2 Å². The summed E-state index contributed by atoms with van der Waals surface area (Å²) in [6, 6.07) is 8.24. The third-order valence-electron chi connectivity index (χ3n) is 3.09. The first-order chi connectivity index (χ1) is 9.38. The Morgan fingerprint density at radius 2 is 1.85 bits per heavy atom. The summed E-state index contributed by atoms with van der Waals surface area (Å²) >= 11 is 6.12. The molecule has 0 unspecified atom stereocenters. The molecule has 0 saturated carbocycles. The minimum Gasteiger partial charge on any atom is -0.455 e. The van der Waals surface area contributed by atoms with Gasteiger partial charge in [0, 0.05) is 11.6 Å². The summed E-state index contributed by atoms with van der Waals surface area (Å²) in [6.45, 7) is 5.42. The van der Waals surface area contributed by atoms with Gasteiger partial charge in [-0.1, -0.05) is 17.7 Å². The van der Waals surface area contributed by atoms with E-state index in [1.165, 1.54) is 6.07 Å². The summed E-state index contributed by atoms with van der Waals surface area (Å²) in [6.07, 6.45) is 0. The number of aryl methyl sites for hydroxylation is 2.